The van der Waals surface area contributed by atoms with Gasteiger partial charge in [-0.05, 0) is 56.0 Å². The predicted molar refractivity (Wildman–Crippen MR) is 109 cm³/mol. The molecule has 5 atom stereocenters. The molecule has 31 heavy (non-hydrogen) atoms. The van der Waals surface area contributed by atoms with Crippen molar-refractivity contribution in [2.45, 2.75) is 38.3 Å². The van der Waals surface area contributed by atoms with E-state index in [0.29, 0.717) is 5.56 Å². The number of fused-ring (bicyclic) bond motifs is 3. The van der Waals surface area contributed by atoms with E-state index >= 15 is 0 Å². The van der Waals surface area contributed by atoms with Crippen LogP contribution in [0.15, 0.2) is 23.3 Å². The summed E-state index contributed by atoms with van der Waals surface area (Å²) in [6.45, 7) is 3.19. The number of rotatable bonds is 2. The Morgan fingerprint density at radius 2 is 1.87 bits per heavy atom. The summed E-state index contributed by atoms with van der Waals surface area (Å²) in [7, 11) is 0. The van der Waals surface area contributed by atoms with Crippen molar-refractivity contribution in [1.29, 1.82) is 0 Å². The van der Waals surface area contributed by atoms with Gasteiger partial charge in [-0.25, -0.2) is 0 Å². The van der Waals surface area contributed by atoms with Crippen LogP contribution in [0.1, 0.15) is 34.8 Å². The maximum atomic E-state index is 13.7. The lowest BCUT2D eigenvalue weighted by molar-refractivity contribution is -0.171. The maximum Gasteiger partial charge on any atom is 0.252 e. The van der Waals surface area contributed by atoms with E-state index in [4.69, 9.17) is 17.2 Å². The number of phenolic OH excluding ortho intramolecular Hbond substituents is 1. The average Bonchev–Trinajstić information content (AvgIpc) is 2.71. The molecule has 1 fully saturated rings. The first-order valence-electron chi connectivity index (χ1n) is 10.1. The summed E-state index contributed by atoms with van der Waals surface area (Å²) in [5, 5.41) is 21.7. The lowest BCUT2D eigenvalue weighted by Crippen LogP contribution is -2.72. The molecule has 1 aromatic rings. The van der Waals surface area contributed by atoms with Gasteiger partial charge < -0.3 is 27.4 Å². The largest absolute Gasteiger partial charge is 0.507 e. The molecule has 164 valence electrons. The highest BCUT2D eigenvalue weighted by molar-refractivity contribution is 6.32. The molecule has 0 aliphatic heterocycles. The Morgan fingerprint density at radius 3 is 2.45 bits per heavy atom. The molecule has 8 N–H and O–H groups in total. The zero-order valence-electron chi connectivity index (χ0n) is 17.3. The molecule has 0 bridgehead atoms. The van der Waals surface area contributed by atoms with Gasteiger partial charge in [-0.3, -0.25) is 19.2 Å². The molecule has 5 unspecified atom stereocenters. The van der Waals surface area contributed by atoms with Crippen molar-refractivity contribution in [1.82, 2.24) is 0 Å². The van der Waals surface area contributed by atoms with Crippen molar-refractivity contribution in [3.05, 3.63) is 40.0 Å². The number of aliphatic hydroxyl groups is 1. The number of hydrogen-bond acceptors (Lipinski definition) is 8. The molecule has 1 saturated carbocycles. The number of amides is 1. The second kappa shape index (κ2) is 6.56. The quantitative estimate of drug-likeness (QED) is 0.294. The third kappa shape index (κ3) is 2.48. The van der Waals surface area contributed by atoms with E-state index in [1.54, 1.807) is 13.0 Å². The van der Waals surface area contributed by atoms with Gasteiger partial charge in [-0.2, -0.15) is 0 Å². The fraction of sp³-hybridized carbons (Fsp3) is 0.455. The van der Waals surface area contributed by atoms with Gasteiger partial charge in [0.15, 0.2) is 17.2 Å². The third-order valence-corrected chi connectivity index (χ3v) is 7.53. The highest BCUT2D eigenvalue weighted by Gasteiger charge is 2.69. The van der Waals surface area contributed by atoms with Crippen LogP contribution < -0.4 is 17.2 Å². The topological polar surface area (TPSA) is 187 Å². The van der Waals surface area contributed by atoms with Crippen molar-refractivity contribution in [3.8, 4) is 5.75 Å². The Morgan fingerprint density at radius 1 is 1.23 bits per heavy atom. The molecule has 1 aromatic carbocycles. The van der Waals surface area contributed by atoms with Crippen LogP contribution >= 0.6 is 0 Å². The van der Waals surface area contributed by atoms with E-state index < -0.39 is 57.7 Å². The molecular formula is C22H25N3O6. The average molecular weight is 427 g/mol. The lowest BCUT2D eigenvalue weighted by atomic mass is 9.47. The van der Waals surface area contributed by atoms with E-state index in [0.717, 1.165) is 5.56 Å². The lowest BCUT2D eigenvalue weighted by Gasteiger charge is -2.55. The zero-order valence-corrected chi connectivity index (χ0v) is 17.3. The fourth-order valence-electron chi connectivity index (χ4n) is 5.78. The number of carbonyl (C=O) groups excluding carboxylic acids is 4. The molecule has 0 heterocycles. The number of Topliss-reactive ketones (excluding diaryl/α,β-unsaturated/α-hetero) is 3. The first kappa shape index (κ1) is 21.4. The number of ketones is 3. The molecule has 1 amide bonds. The van der Waals surface area contributed by atoms with Gasteiger partial charge in [0.25, 0.3) is 5.91 Å². The summed E-state index contributed by atoms with van der Waals surface area (Å²) in [4.78, 5) is 52.2. The second-order valence-electron chi connectivity index (χ2n) is 9.01. The molecule has 4 rings (SSSR count). The minimum Gasteiger partial charge on any atom is -0.507 e. The van der Waals surface area contributed by atoms with Crippen LogP contribution in [-0.4, -0.2) is 51.7 Å². The summed E-state index contributed by atoms with van der Waals surface area (Å²) in [5.41, 5.74) is 15.0. The molecule has 3 aliphatic rings. The fourth-order valence-corrected chi connectivity index (χ4v) is 5.78. The predicted octanol–water partition coefficient (Wildman–Crippen LogP) is -0.967. The van der Waals surface area contributed by atoms with E-state index in [-0.39, 0.29) is 36.3 Å². The molecule has 0 radical (unpaired) electrons. The van der Waals surface area contributed by atoms with Crippen LogP contribution in [0, 0.1) is 24.2 Å². The number of hydrogen-bond donors (Lipinski definition) is 5. The SMILES string of the molecule is CC1=C(C(N)=O)C(=O)C2(O)C(=O)C3C(=O)c4c(O)ccc(C)c4CC3(CN)CC2C1N. The Hall–Kier alpha value is -2.88. The van der Waals surface area contributed by atoms with E-state index in [1.807, 2.05) is 0 Å². The van der Waals surface area contributed by atoms with E-state index in [9.17, 15) is 29.4 Å². The van der Waals surface area contributed by atoms with Crippen LogP contribution in [0.4, 0.5) is 0 Å². The van der Waals surface area contributed by atoms with Crippen LogP contribution in [0.2, 0.25) is 0 Å². The first-order chi connectivity index (χ1) is 14.4. The Balaban J connectivity index is 1.96. The summed E-state index contributed by atoms with van der Waals surface area (Å²) in [5.74, 6) is -6.77. The van der Waals surface area contributed by atoms with Crippen molar-refractivity contribution in [2.75, 3.05) is 6.54 Å². The monoisotopic (exact) mass is 427 g/mol. The van der Waals surface area contributed by atoms with Gasteiger partial charge in [-0.1, -0.05) is 6.07 Å². The molecule has 9 heteroatoms. The number of aryl methyl sites for hydroxylation is 1. The van der Waals surface area contributed by atoms with Gasteiger partial charge in [0.1, 0.15) is 5.75 Å². The van der Waals surface area contributed by atoms with Gasteiger partial charge in [0.2, 0.25) is 5.78 Å². The van der Waals surface area contributed by atoms with Gasteiger partial charge in [-0.15, -0.1) is 0 Å². The van der Waals surface area contributed by atoms with Crippen molar-refractivity contribution in [2.24, 2.45) is 34.5 Å². The third-order valence-electron chi connectivity index (χ3n) is 7.53. The number of nitrogens with two attached hydrogens (primary N) is 3. The van der Waals surface area contributed by atoms with Crippen LogP contribution in [0.5, 0.6) is 5.75 Å². The van der Waals surface area contributed by atoms with Gasteiger partial charge in [0.05, 0.1) is 17.1 Å². The molecule has 0 aromatic heterocycles. The molecule has 3 aliphatic carbocycles. The molecule has 9 nitrogen and oxygen atoms in total. The highest BCUT2D eigenvalue weighted by atomic mass is 16.3. The van der Waals surface area contributed by atoms with Gasteiger partial charge >= 0.3 is 0 Å². The first-order valence-corrected chi connectivity index (χ1v) is 10.1. The number of primary amides is 1. The normalized spacial score (nSPS) is 34.9. The van der Waals surface area contributed by atoms with Crippen molar-refractivity contribution >= 4 is 23.3 Å². The molecular weight excluding hydrogens is 402 g/mol. The number of aromatic hydroxyl groups is 1. The zero-order chi connectivity index (χ0) is 23.0. The molecule has 0 spiro atoms. The minimum atomic E-state index is -2.67. The van der Waals surface area contributed by atoms with E-state index in [1.165, 1.54) is 13.0 Å². The number of carbonyl (C=O) groups is 4. The summed E-state index contributed by atoms with van der Waals surface area (Å²) in [6.07, 6.45) is 0.229. The standard InChI is InChI=1S/C22H25N3O6/c1-8-3-4-12(26)14-10(8)5-21(7-23)6-11-16(24)9(2)13(20(25)30)18(28)22(11,31)19(29)15(21)17(14)27/h3-4,11,15-16,26,31H,5-7,23-24H2,1-2H3,(H2,25,30). The Labute approximate surface area is 178 Å². The number of benzene rings is 1. The smallest absolute Gasteiger partial charge is 0.252 e. The summed E-state index contributed by atoms with van der Waals surface area (Å²) >= 11 is 0. The number of phenols is 1. The van der Waals surface area contributed by atoms with Gasteiger partial charge in [0, 0.05) is 17.4 Å². The summed E-state index contributed by atoms with van der Waals surface area (Å²) in [6, 6.07) is 2.04. The van der Waals surface area contributed by atoms with Crippen molar-refractivity contribution < 1.29 is 29.4 Å². The van der Waals surface area contributed by atoms with E-state index in [2.05, 4.69) is 0 Å². The van der Waals surface area contributed by atoms with Crippen LogP contribution in [-0.2, 0) is 20.8 Å². The summed E-state index contributed by atoms with van der Waals surface area (Å²) < 4.78 is 0. The Bertz CT molecular complexity index is 1110. The maximum absolute atomic E-state index is 13.7. The Kier molecular flexibility index (Phi) is 4.52. The van der Waals surface area contributed by atoms with Crippen LogP contribution in [0.25, 0.3) is 0 Å². The van der Waals surface area contributed by atoms with Crippen molar-refractivity contribution in [3.63, 3.8) is 0 Å². The second-order valence-corrected chi connectivity index (χ2v) is 9.01. The van der Waals surface area contributed by atoms with Crippen LogP contribution in [0.3, 0.4) is 0 Å². The minimum absolute atomic E-state index is 0.00104. The highest BCUT2D eigenvalue weighted by Crippen LogP contribution is 2.56. The molecule has 0 saturated heterocycles.